The summed E-state index contributed by atoms with van der Waals surface area (Å²) >= 11 is 0. The van der Waals surface area contributed by atoms with E-state index in [1.807, 2.05) is 18.2 Å². The van der Waals surface area contributed by atoms with Crippen LogP contribution in [0, 0.1) is 17.0 Å². The van der Waals surface area contributed by atoms with Gasteiger partial charge in [-0.2, -0.15) is 0 Å². The molecule has 3 rings (SSSR count). The predicted molar refractivity (Wildman–Crippen MR) is 156 cm³/mol. The summed E-state index contributed by atoms with van der Waals surface area (Å²) in [6.45, 7) is 4.74. The molecule has 0 aromatic heterocycles. The number of unbranched alkanes of at least 4 members (excludes halogenated alkanes) is 1. The molecule has 0 saturated carbocycles. The summed E-state index contributed by atoms with van der Waals surface area (Å²) in [4.78, 5) is 37.0. The number of anilines is 1. The lowest BCUT2D eigenvalue weighted by Gasteiger charge is -2.23. The summed E-state index contributed by atoms with van der Waals surface area (Å²) in [6, 6.07) is 21.5. The summed E-state index contributed by atoms with van der Waals surface area (Å²) in [5, 5.41) is 23.4. The lowest BCUT2D eigenvalue weighted by Crippen LogP contribution is -2.38. The average molecular weight is 564 g/mol. The number of rotatable bonds is 16. The minimum atomic E-state index is -1.01. The second-order valence-corrected chi connectivity index (χ2v) is 9.60. The molecule has 2 N–H and O–H groups in total. The standard InChI is InChI=1S/C31H37N3O7/c1-3-40-29(30(35)36)21-25-13-16-27(17-14-25)41-20-19-33(18-8-7-11-24-9-5-4-6-10-24)31(37)32-26-15-12-23(2)28(22-26)34(38)39/h4-6,9-10,12-17,22,29H,3,7-8,11,18-21H2,1-2H3,(H,32,37)(H,35,36). The van der Waals surface area contributed by atoms with Gasteiger partial charge in [0.25, 0.3) is 5.69 Å². The van der Waals surface area contributed by atoms with Crippen LogP contribution in [0.2, 0.25) is 0 Å². The Morgan fingerprint density at radius 3 is 2.39 bits per heavy atom. The number of hydrogen-bond donors (Lipinski definition) is 2. The molecule has 0 aliphatic heterocycles. The van der Waals surface area contributed by atoms with Crippen molar-refractivity contribution in [3.8, 4) is 5.75 Å². The van der Waals surface area contributed by atoms with E-state index in [2.05, 4.69) is 17.4 Å². The maximum Gasteiger partial charge on any atom is 0.333 e. The molecule has 10 nitrogen and oxygen atoms in total. The topological polar surface area (TPSA) is 131 Å². The summed E-state index contributed by atoms with van der Waals surface area (Å²) in [5.41, 5.74) is 2.86. The monoisotopic (exact) mass is 563 g/mol. The van der Waals surface area contributed by atoms with Crippen molar-refractivity contribution in [3.63, 3.8) is 0 Å². The first kappa shape index (κ1) is 31.1. The minimum absolute atomic E-state index is 0.0556. The zero-order valence-electron chi connectivity index (χ0n) is 23.5. The van der Waals surface area contributed by atoms with Gasteiger partial charge in [0, 0.05) is 36.9 Å². The van der Waals surface area contributed by atoms with Crippen LogP contribution in [-0.2, 0) is 22.4 Å². The van der Waals surface area contributed by atoms with Gasteiger partial charge in [0.15, 0.2) is 6.10 Å². The second-order valence-electron chi connectivity index (χ2n) is 9.60. The van der Waals surface area contributed by atoms with Crippen LogP contribution in [0.5, 0.6) is 5.75 Å². The van der Waals surface area contributed by atoms with Crippen molar-refractivity contribution in [2.75, 3.05) is 31.6 Å². The number of nitro benzene ring substituents is 1. The lowest BCUT2D eigenvalue weighted by atomic mass is 10.1. The summed E-state index contributed by atoms with van der Waals surface area (Å²) < 4.78 is 11.2. The Balaban J connectivity index is 1.59. The van der Waals surface area contributed by atoms with Gasteiger partial charge in [-0.15, -0.1) is 0 Å². The highest BCUT2D eigenvalue weighted by Gasteiger charge is 2.19. The molecule has 3 aromatic carbocycles. The molecule has 218 valence electrons. The van der Waals surface area contributed by atoms with Gasteiger partial charge >= 0.3 is 12.0 Å². The number of carbonyl (C=O) groups excluding carboxylic acids is 1. The van der Waals surface area contributed by atoms with Gasteiger partial charge in [0.2, 0.25) is 0 Å². The number of aliphatic carboxylic acids is 1. The van der Waals surface area contributed by atoms with Crippen LogP contribution in [0.3, 0.4) is 0 Å². The number of carboxylic acids is 1. The van der Waals surface area contributed by atoms with Crippen LogP contribution in [0.25, 0.3) is 0 Å². The minimum Gasteiger partial charge on any atom is -0.492 e. The summed E-state index contributed by atoms with van der Waals surface area (Å²) in [6.07, 6.45) is 1.91. The second kappa shape index (κ2) is 16.0. The number of nitrogens with one attached hydrogen (secondary N) is 1. The molecule has 2 amide bonds. The molecule has 10 heteroatoms. The largest absolute Gasteiger partial charge is 0.492 e. The highest BCUT2D eigenvalue weighted by Crippen LogP contribution is 2.23. The number of nitrogens with zero attached hydrogens (tertiary/aromatic N) is 2. The smallest absolute Gasteiger partial charge is 0.333 e. The number of carbonyl (C=O) groups is 2. The third kappa shape index (κ3) is 10.2. The molecular weight excluding hydrogens is 526 g/mol. The molecule has 41 heavy (non-hydrogen) atoms. The molecule has 0 fully saturated rings. The van der Waals surface area contributed by atoms with E-state index < -0.39 is 17.0 Å². The van der Waals surface area contributed by atoms with Crippen LogP contribution >= 0.6 is 0 Å². The van der Waals surface area contributed by atoms with Crippen molar-refractivity contribution < 1.29 is 29.1 Å². The first-order valence-corrected chi connectivity index (χ1v) is 13.7. The molecule has 0 bridgehead atoms. The molecule has 0 heterocycles. The molecule has 0 aliphatic carbocycles. The average Bonchev–Trinajstić information content (AvgIpc) is 2.96. The number of aryl methyl sites for hydroxylation is 2. The third-order valence-electron chi connectivity index (χ3n) is 6.55. The van der Waals surface area contributed by atoms with E-state index in [1.165, 1.54) is 11.6 Å². The molecule has 0 saturated heterocycles. The van der Waals surface area contributed by atoms with E-state index in [0.29, 0.717) is 36.7 Å². The number of ether oxygens (including phenoxy) is 2. The molecule has 0 radical (unpaired) electrons. The SMILES string of the molecule is CCOC(Cc1ccc(OCCN(CCCCc2ccccc2)C(=O)Nc2ccc(C)c([N+](=O)[O-])c2)cc1)C(=O)O. The van der Waals surface area contributed by atoms with Crippen LogP contribution in [-0.4, -0.2) is 59.3 Å². The Hall–Kier alpha value is -4.44. The molecule has 1 atom stereocenters. The lowest BCUT2D eigenvalue weighted by molar-refractivity contribution is -0.385. The predicted octanol–water partition coefficient (Wildman–Crippen LogP) is 5.87. The Morgan fingerprint density at radius 2 is 1.73 bits per heavy atom. The van der Waals surface area contributed by atoms with Crippen LogP contribution < -0.4 is 10.1 Å². The Labute approximate surface area is 240 Å². The number of urea groups is 1. The van der Waals surface area contributed by atoms with Crippen molar-refractivity contribution in [1.29, 1.82) is 0 Å². The van der Waals surface area contributed by atoms with E-state index >= 15 is 0 Å². The Bertz CT molecular complexity index is 1280. The van der Waals surface area contributed by atoms with E-state index in [0.717, 1.165) is 24.8 Å². The number of hydrogen-bond acceptors (Lipinski definition) is 6. The van der Waals surface area contributed by atoms with Gasteiger partial charge in [0.05, 0.1) is 11.5 Å². The number of carboxylic acid groups (broad SMARTS) is 1. The van der Waals surface area contributed by atoms with E-state index in [4.69, 9.17) is 9.47 Å². The Morgan fingerprint density at radius 1 is 1.00 bits per heavy atom. The highest BCUT2D eigenvalue weighted by molar-refractivity contribution is 5.89. The molecule has 0 aliphatic rings. The number of amides is 2. The van der Waals surface area contributed by atoms with Gasteiger partial charge in [-0.3, -0.25) is 10.1 Å². The molecule has 3 aromatic rings. The van der Waals surface area contributed by atoms with Gasteiger partial charge in [-0.25, -0.2) is 9.59 Å². The van der Waals surface area contributed by atoms with Crippen molar-refractivity contribution in [2.24, 2.45) is 0 Å². The van der Waals surface area contributed by atoms with E-state index in [-0.39, 0.29) is 24.7 Å². The number of benzene rings is 3. The summed E-state index contributed by atoms with van der Waals surface area (Å²) in [5.74, 6) is -0.412. The number of nitro groups is 1. The van der Waals surface area contributed by atoms with Gasteiger partial charge in [0.1, 0.15) is 12.4 Å². The van der Waals surface area contributed by atoms with Gasteiger partial charge in [-0.05, 0) is 62.4 Å². The van der Waals surface area contributed by atoms with Crippen molar-refractivity contribution in [1.82, 2.24) is 4.90 Å². The maximum absolute atomic E-state index is 13.2. The quantitative estimate of drug-likeness (QED) is 0.127. The fourth-order valence-electron chi connectivity index (χ4n) is 4.31. The van der Waals surface area contributed by atoms with Gasteiger partial charge in [-0.1, -0.05) is 48.5 Å². The first-order valence-electron chi connectivity index (χ1n) is 13.7. The van der Waals surface area contributed by atoms with Crippen molar-refractivity contribution in [3.05, 3.63) is 99.6 Å². The summed E-state index contributed by atoms with van der Waals surface area (Å²) in [7, 11) is 0. The highest BCUT2D eigenvalue weighted by atomic mass is 16.6. The third-order valence-corrected chi connectivity index (χ3v) is 6.55. The van der Waals surface area contributed by atoms with Gasteiger partial charge < -0.3 is 24.8 Å². The van der Waals surface area contributed by atoms with Crippen molar-refractivity contribution in [2.45, 2.75) is 45.6 Å². The van der Waals surface area contributed by atoms with E-state index in [1.54, 1.807) is 55.1 Å². The zero-order valence-corrected chi connectivity index (χ0v) is 23.5. The first-order chi connectivity index (χ1) is 19.8. The van der Waals surface area contributed by atoms with E-state index in [9.17, 15) is 24.8 Å². The van der Waals surface area contributed by atoms with Crippen LogP contribution in [0.1, 0.15) is 36.5 Å². The fourth-order valence-corrected chi connectivity index (χ4v) is 4.31. The fraction of sp³-hybridized carbons (Fsp3) is 0.355. The molecule has 1 unspecified atom stereocenters. The molecular formula is C31H37N3O7. The Kier molecular flexibility index (Phi) is 12.1. The zero-order chi connectivity index (χ0) is 29.6. The molecule has 0 spiro atoms. The maximum atomic E-state index is 13.2. The van der Waals surface area contributed by atoms with Crippen LogP contribution in [0.4, 0.5) is 16.2 Å². The van der Waals surface area contributed by atoms with Crippen molar-refractivity contribution >= 4 is 23.4 Å². The normalized spacial score (nSPS) is 11.5. The van der Waals surface area contributed by atoms with Crippen LogP contribution in [0.15, 0.2) is 72.8 Å².